The van der Waals surface area contributed by atoms with E-state index in [1.807, 2.05) is 35.2 Å². The number of piperazine rings is 1. The van der Waals surface area contributed by atoms with Crippen molar-refractivity contribution < 1.29 is 9.53 Å². The number of morpholine rings is 1. The van der Waals surface area contributed by atoms with Crippen LogP contribution in [-0.4, -0.2) is 64.8 Å². The Hall–Kier alpha value is -2.70. The van der Waals surface area contributed by atoms with E-state index in [1.54, 1.807) is 0 Å². The molecule has 2 aromatic carbocycles. The summed E-state index contributed by atoms with van der Waals surface area (Å²) in [4.78, 5) is 17.4. The van der Waals surface area contributed by atoms with Crippen molar-refractivity contribution in [3.8, 4) is 0 Å². The maximum absolute atomic E-state index is 13.0. The number of nitrogens with zero attached hydrogens (tertiary/aromatic N) is 3. The van der Waals surface area contributed by atoms with Gasteiger partial charge in [-0.25, -0.2) is 0 Å². The minimum absolute atomic E-state index is 0.149. The van der Waals surface area contributed by atoms with Crippen LogP contribution in [0.4, 0.5) is 0 Å². The minimum atomic E-state index is 0.149. The summed E-state index contributed by atoms with van der Waals surface area (Å²) in [7, 11) is 0. The van der Waals surface area contributed by atoms with Gasteiger partial charge in [-0.3, -0.25) is 14.8 Å². The fourth-order valence-electron chi connectivity index (χ4n) is 4.44. The van der Waals surface area contributed by atoms with Crippen LogP contribution in [0.2, 0.25) is 0 Å². The smallest absolute Gasteiger partial charge is 0.228 e. The summed E-state index contributed by atoms with van der Waals surface area (Å²) < 4.78 is 5.90. The van der Waals surface area contributed by atoms with Crippen LogP contribution in [-0.2, 0) is 16.0 Å². The number of hydrogen-bond donors (Lipinski definition) is 1. The monoisotopic (exact) mass is 376 g/mol. The minimum Gasteiger partial charge on any atom is -0.378 e. The molecule has 5 rings (SSSR count). The van der Waals surface area contributed by atoms with E-state index in [9.17, 15) is 4.79 Å². The van der Waals surface area contributed by atoms with E-state index in [4.69, 9.17) is 4.74 Å². The molecule has 0 aliphatic carbocycles. The molecule has 0 spiro atoms. The molecule has 28 heavy (non-hydrogen) atoms. The summed E-state index contributed by atoms with van der Waals surface area (Å²) in [5.41, 5.74) is 3.09. The number of amides is 1. The van der Waals surface area contributed by atoms with Crippen LogP contribution in [0, 0.1) is 0 Å². The predicted molar refractivity (Wildman–Crippen MR) is 107 cm³/mol. The highest BCUT2D eigenvalue weighted by molar-refractivity contribution is 5.87. The van der Waals surface area contributed by atoms with Gasteiger partial charge in [0.15, 0.2) is 0 Å². The number of aromatic amines is 1. The highest BCUT2D eigenvalue weighted by atomic mass is 16.5. The second-order valence-corrected chi connectivity index (χ2v) is 7.59. The molecule has 1 amide bonds. The predicted octanol–water partition coefficient (Wildman–Crippen LogP) is 2.39. The third-order valence-electron chi connectivity index (χ3n) is 5.92. The van der Waals surface area contributed by atoms with Crippen LogP contribution in [0.15, 0.2) is 54.6 Å². The summed E-state index contributed by atoms with van der Waals surface area (Å²) in [6.07, 6.45) is 0.357. The number of hydrogen-bond acceptors (Lipinski definition) is 4. The van der Waals surface area contributed by atoms with Crippen LogP contribution in [0.5, 0.6) is 0 Å². The van der Waals surface area contributed by atoms with Gasteiger partial charge in [0.25, 0.3) is 0 Å². The van der Waals surface area contributed by atoms with Crippen molar-refractivity contribution in [3.63, 3.8) is 0 Å². The first kappa shape index (κ1) is 17.4. The summed E-state index contributed by atoms with van der Waals surface area (Å²) in [6.45, 7) is 3.75. The van der Waals surface area contributed by atoms with Gasteiger partial charge in [-0.2, -0.15) is 5.10 Å². The Labute approximate surface area is 164 Å². The lowest BCUT2D eigenvalue weighted by Crippen LogP contribution is -2.60. The van der Waals surface area contributed by atoms with Crippen molar-refractivity contribution in [3.05, 3.63) is 65.9 Å². The number of H-pyrrole nitrogens is 1. The van der Waals surface area contributed by atoms with Gasteiger partial charge in [0.2, 0.25) is 5.91 Å². The molecule has 6 heteroatoms. The zero-order valence-corrected chi connectivity index (χ0v) is 15.8. The maximum Gasteiger partial charge on any atom is 0.228 e. The first-order valence-corrected chi connectivity index (χ1v) is 9.88. The maximum atomic E-state index is 13.0. The van der Waals surface area contributed by atoms with Crippen molar-refractivity contribution >= 4 is 16.8 Å². The summed E-state index contributed by atoms with van der Waals surface area (Å²) in [5, 5.41) is 8.37. The van der Waals surface area contributed by atoms with Crippen LogP contribution in [0.3, 0.4) is 0 Å². The molecule has 2 aliphatic rings. The van der Waals surface area contributed by atoms with E-state index >= 15 is 0 Å². The summed E-state index contributed by atoms with van der Waals surface area (Å²) in [6, 6.07) is 19.0. The first-order valence-electron chi connectivity index (χ1n) is 9.88. The van der Waals surface area contributed by atoms with E-state index in [-0.39, 0.29) is 18.0 Å². The second-order valence-electron chi connectivity index (χ2n) is 7.59. The number of benzene rings is 2. The number of carbonyl (C=O) groups excluding carboxylic acids is 1. The Balaban J connectivity index is 1.28. The van der Waals surface area contributed by atoms with Crippen molar-refractivity contribution in [1.82, 2.24) is 20.0 Å². The molecule has 0 unspecified atom stereocenters. The average molecular weight is 376 g/mol. The lowest BCUT2D eigenvalue weighted by molar-refractivity contribution is -0.139. The van der Waals surface area contributed by atoms with Crippen molar-refractivity contribution in [2.24, 2.45) is 0 Å². The third kappa shape index (κ3) is 3.19. The molecule has 0 radical (unpaired) electrons. The first-order chi connectivity index (χ1) is 13.8. The highest BCUT2D eigenvalue weighted by Gasteiger charge is 2.37. The third-order valence-corrected chi connectivity index (χ3v) is 5.92. The molecular weight excluding hydrogens is 352 g/mol. The van der Waals surface area contributed by atoms with E-state index in [0.717, 1.165) is 29.7 Å². The number of ether oxygens (including phenoxy) is 1. The Kier molecular flexibility index (Phi) is 4.58. The largest absolute Gasteiger partial charge is 0.378 e. The average Bonchev–Trinajstić information content (AvgIpc) is 3.16. The molecule has 3 aromatic rings. The van der Waals surface area contributed by atoms with Gasteiger partial charge in [0.05, 0.1) is 42.9 Å². The molecule has 2 aliphatic heterocycles. The van der Waals surface area contributed by atoms with Crippen molar-refractivity contribution in [1.29, 1.82) is 0 Å². The Morgan fingerprint density at radius 3 is 2.79 bits per heavy atom. The Morgan fingerprint density at radius 2 is 1.89 bits per heavy atom. The molecule has 1 N–H and O–H groups in total. The molecule has 3 heterocycles. The molecule has 144 valence electrons. The number of rotatable bonds is 3. The summed E-state index contributed by atoms with van der Waals surface area (Å²) >= 11 is 0. The molecule has 0 saturated carbocycles. The highest BCUT2D eigenvalue weighted by Crippen LogP contribution is 2.29. The fourth-order valence-corrected chi connectivity index (χ4v) is 4.44. The number of carbonyl (C=O) groups is 1. The van der Waals surface area contributed by atoms with E-state index in [0.29, 0.717) is 26.2 Å². The zero-order chi connectivity index (χ0) is 18.9. The molecule has 1 aromatic heterocycles. The standard InChI is InChI=1S/C22H24N4O2/c27-22(12-20-18-8-4-5-9-19(18)23-24-20)25-10-11-26-17(13-25)14-28-15-21(26)16-6-2-1-3-7-16/h1-9,17,21H,10-15H2,(H,23,24)/t17-,21-/m1/s1. The van der Waals surface area contributed by atoms with Gasteiger partial charge in [-0.05, 0) is 11.6 Å². The molecule has 2 fully saturated rings. The molecule has 2 saturated heterocycles. The molecule has 6 nitrogen and oxygen atoms in total. The number of para-hydroxylation sites is 1. The summed E-state index contributed by atoms with van der Waals surface area (Å²) in [5.74, 6) is 0.149. The van der Waals surface area contributed by atoms with Gasteiger partial charge in [0, 0.05) is 25.0 Å². The van der Waals surface area contributed by atoms with Gasteiger partial charge < -0.3 is 9.64 Å². The molecule has 0 bridgehead atoms. The van der Waals surface area contributed by atoms with Crippen LogP contribution in [0.1, 0.15) is 17.3 Å². The number of aromatic nitrogens is 2. The van der Waals surface area contributed by atoms with Crippen LogP contribution < -0.4 is 0 Å². The van der Waals surface area contributed by atoms with E-state index in [1.165, 1.54) is 5.56 Å². The quantitative estimate of drug-likeness (QED) is 0.763. The Morgan fingerprint density at radius 1 is 1.07 bits per heavy atom. The van der Waals surface area contributed by atoms with Gasteiger partial charge in [0.1, 0.15) is 0 Å². The van der Waals surface area contributed by atoms with Gasteiger partial charge in [-0.15, -0.1) is 0 Å². The van der Waals surface area contributed by atoms with Crippen LogP contribution in [0.25, 0.3) is 10.9 Å². The SMILES string of the molecule is O=C(Cc1[nH]nc2ccccc12)N1CCN2[C@@H](COC[C@@H]2c2ccccc2)C1. The van der Waals surface area contributed by atoms with Crippen LogP contribution >= 0.6 is 0 Å². The molecular formula is C22H24N4O2. The lowest BCUT2D eigenvalue weighted by Gasteiger charge is -2.48. The Bertz CT molecular complexity index is 971. The van der Waals surface area contributed by atoms with Gasteiger partial charge in [-0.1, -0.05) is 48.5 Å². The van der Waals surface area contributed by atoms with Crippen molar-refractivity contribution in [2.45, 2.75) is 18.5 Å². The van der Waals surface area contributed by atoms with E-state index < -0.39 is 0 Å². The number of nitrogens with one attached hydrogen (secondary N) is 1. The molecule has 2 atom stereocenters. The number of fused-ring (bicyclic) bond motifs is 2. The second kappa shape index (κ2) is 7.37. The lowest BCUT2D eigenvalue weighted by atomic mass is 10.00. The zero-order valence-electron chi connectivity index (χ0n) is 15.8. The topological polar surface area (TPSA) is 61.5 Å². The fraction of sp³-hybridized carbons (Fsp3) is 0.364. The van der Waals surface area contributed by atoms with Gasteiger partial charge >= 0.3 is 0 Å². The van der Waals surface area contributed by atoms with Crippen molar-refractivity contribution in [2.75, 3.05) is 32.8 Å². The normalized spacial score (nSPS) is 22.9. The van der Waals surface area contributed by atoms with E-state index in [2.05, 4.69) is 39.4 Å².